The molecule has 3 heterocycles. The molecule has 3 amide bonds. The summed E-state index contributed by atoms with van der Waals surface area (Å²) in [7, 11) is 2.02. The molecule has 11 heteroatoms. The van der Waals surface area contributed by atoms with Gasteiger partial charge in [-0.05, 0) is 42.9 Å². The van der Waals surface area contributed by atoms with Gasteiger partial charge in [0.25, 0.3) is 17.7 Å². The van der Waals surface area contributed by atoms with E-state index in [1.54, 1.807) is 36.4 Å². The summed E-state index contributed by atoms with van der Waals surface area (Å²) in [5, 5.41) is 3.84. The van der Waals surface area contributed by atoms with E-state index in [1.165, 1.54) is 30.7 Å². The summed E-state index contributed by atoms with van der Waals surface area (Å²) in [6, 6.07) is 14.6. The third-order valence-corrected chi connectivity index (χ3v) is 7.41. The number of hydrogen-bond acceptors (Lipinski definition) is 6. The van der Waals surface area contributed by atoms with E-state index in [2.05, 4.69) is 25.2 Å². The quantitative estimate of drug-likeness (QED) is 0.305. The van der Waals surface area contributed by atoms with Crippen molar-refractivity contribution in [3.8, 4) is 11.1 Å². The summed E-state index contributed by atoms with van der Waals surface area (Å²) in [6.07, 6.45) is 2.66. The normalized spacial score (nSPS) is 14.0. The van der Waals surface area contributed by atoms with Crippen molar-refractivity contribution in [1.29, 1.82) is 0 Å². The van der Waals surface area contributed by atoms with Crippen LogP contribution in [0.5, 0.6) is 0 Å². The second kappa shape index (κ2) is 10.4. The zero-order valence-corrected chi connectivity index (χ0v) is 22.1. The topological polar surface area (TPSA) is 137 Å². The van der Waals surface area contributed by atoms with Crippen LogP contribution in [0.1, 0.15) is 31.2 Å². The third kappa shape index (κ3) is 4.76. The molecule has 1 aliphatic heterocycles. The number of piperazine rings is 1. The number of primary amides is 1. The molecular formula is C30H26FN7O3. The number of amides is 3. The standard InChI is InChI=1S/C30H26FN7O3/c1-37-11-13-38(14-12-37)30(41)17-5-6-20-24(15-17)35-27-21(28(32)39)8-7-18(25(20)27)19-3-2-4-22(26(19)31)36-29(40)23-9-10-33-16-34-23/h2-10,15-16,35H,11-14H2,1H3,(H2,32,39)(H,36,40). The Hall–Kier alpha value is -5.16. The summed E-state index contributed by atoms with van der Waals surface area (Å²) in [5.41, 5.74) is 8.25. The summed E-state index contributed by atoms with van der Waals surface area (Å²) < 4.78 is 15.9. The van der Waals surface area contributed by atoms with E-state index in [0.717, 1.165) is 13.1 Å². The number of nitrogens with two attached hydrogens (primary N) is 1. The van der Waals surface area contributed by atoms with Crippen LogP contribution < -0.4 is 11.1 Å². The minimum atomic E-state index is -0.653. The number of nitrogens with one attached hydrogen (secondary N) is 2. The van der Waals surface area contributed by atoms with E-state index in [4.69, 9.17) is 5.73 Å². The molecule has 0 atom stereocenters. The lowest BCUT2D eigenvalue weighted by Gasteiger charge is -2.32. The van der Waals surface area contributed by atoms with Gasteiger partial charge in [0.05, 0.1) is 16.8 Å². The Balaban J connectivity index is 1.44. The molecule has 0 bridgehead atoms. The summed E-state index contributed by atoms with van der Waals surface area (Å²) in [4.78, 5) is 53.1. The molecule has 10 nitrogen and oxygen atoms in total. The van der Waals surface area contributed by atoms with E-state index in [0.29, 0.717) is 46.0 Å². The van der Waals surface area contributed by atoms with Crippen molar-refractivity contribution in [3.05, 3.63) is 89.8 Å². The maximum Gasteiger partial charge on any atom is 0.274 e. The Bertz CT molecular complexity index is 1830. The number of aromatic amines is 1. The first-order chi connectivity index (χ1) is 19.8. The van der Waals surface area contributed by atoms with Crippen LogP contribution in [0.3, 0.4) is 0 Å². The Morgan fingerprint density at radius 2 is 1.80 bits per heavy atom. The number of carbonyl (C=O) groups excluding carboxylic acids is 3. The number of likely N-dealkylation sites (N-methyl/N-ethyl adjacent to an activating group) is 1. The second-order valence-corrected chi connectivity index (χ2v) is 9.97. The second-order valence-electron chi connectivity index (χ2n) is 9.97. The number of nitrogens with zero attached hydrogens (tertiary/aromatic N) is 4. The first-order valence-corrected chi connectivity index (χ1v) is 13.0. The highest BCUT2D eigenvalue weighted by molar-refractivity contribution is 6.20. The minimum absolute atomic E-state index is 0.0295. The zero-order chi connectivity index (χ0) is 28.7. The number of H-pyrrole nitrogens is 1. The molecule has 0 spiro atoms. The Morgan fingerprint density at radius 1 is 1.00 bits per heavy atom. The van der Waals surface area contributed by atoms with Gasteiger partial charge in [-0.1, -0.05) is 24.3 Å². The number of fused-ring (bicyclic) bond motifs is 3. The Kier molecular flexibility index (Phi) is 6.64. The van der Waals surface area contributed by atoms with Crippen LogP contribution in [0.25, 0.3) is 32.9 Å². The van der Waals surface area contributed by atoms with Crippen molar-refractivity contribution >= 4 is 45.2 Å². The van der Waals surface area contributed by atoms with Gasteiger partial charge in [0.2, 0.25) is 0 Å². The number of halogens is 1. The average Bonchev–Trinajstić information content (AvgIpc) is 3.37. The molecule has 206 valence electrons. The molecule has 0 radical (unpaired) electrons. The molecule has 1 saturated heterocycles. The van der Waals surface area contributed by atoms with Crippen molar-refractivity contribution in [2.45, 2.75) is 0 Å². The molecule has 41 heavy (non-hydrogen) atoms. The number of benzene rings is 3. The Labute approximate surface area is 234 Å². The van der Waals surface area contributed by atoms with Crippen LogP contribution in [0.2, 0.25) is 0 Å². The van der Waals surface area contributed by atoms with Crippen LogP contribution in [-0.2, 0) is 0 Å². The molecule has 0 unspecified atom stereocenters. The largest absolute Gasteiger partial charge is 0.366 e. The molecule has 6 rings (SSSR count). The monoisotopic (exact) mass is 551 g/mol. The predicted octanol–water partition coefficient (Wildman–Crippen LogP) is 3.66. The fraction of sp³-hybridized carbons (Fsp3) is 0.167. The molecule has 0 saturated carbocycles. The number of anilines is 1. The minimum Gasteiger partial charge on any atom is -0.366 e. The lowest BCUT2D eigenvalue weighted by atomic mass is 9.95. The van der Waals surface area contributed by atoms with Gasteiger partial charge in [0.1, 0.15) is 12.0 Å². The highest BCUT2D eigenvalue weighted by Crippen LogP contribution is 2.39. The van der Waals surface area contributed by atoms with E-state index < -0.39 is 17.6 Å². The molecule has 4 N–H and O–H groups in total. The smallest absolute Gasteiger partial charge is 0.274 e. The van der Waals surface area contributed by atoms with E-state index in [9.17, 15) is 14.4 Å². The highest BCUT2D eigenvalue weighted by Gasteiger charge is 2.23. The SMILES string of the molecule is CN1CCN(C(=O)c2ccc3c(c2)[nH]c2c(C(N)=O)ccc(-c4cccc(NC(=O)c5ccncn5)c4F)c23)CC1. The molecular weight excluding hydrogens is 525 g/mol. The lowest BCUT2D eigenvalue weighted by molar-refractivity contribution is 0.0664. The van der Waals surface area contributed by atoms with Crippen molar-refractivity contribution in [2.75, 3.05) is 38.5 Å². The maximum atomic E-state index is 15.9. The summed E-state index contributed by atoms with van der Waals surface area (Å²) in [6.45, 7) is 2.88. The van der Waals surface area contributed by atoms with Gasteiger partial charge in [-0.15, -0.1) is 0 Å². The molecule has 2 aromatic heterocycles. The number of carbonyl (C=O) groups is 3. The fourth-order valence-electron chi connectivity index (χ4n) is 5.22. The van der Waals surface area contributed by atoms with Crippen molar-refractivity contribution in [1.82, 2.24) is 24.8 Å². The van der Waals surface area contributed by atoms with Gasteiger partial charge in [-0.3, -0.25) is 14.4 Å². The van der Waals surface area contributed by atoms with Gasteiger partial charge in [-0.25, -0.2) is 14.4 Å². The molecule has 0 aliphatic carbocycles. The van der Waals surface area contributed by atoms with Crippen LogP contribution in [0.4, 0.5) is 10.1 Å². The summed E-state index contributed by atoms with van der Waals surface area (Å²) >= 11 is 0. The van der Waals surface area contributed by atoms with Gasteiger partial charge >= 0.3 is 0 Å². The lowest BCUT2D eigenvalue weighted by Crippen LogP contribution is -2.47. The first kappa shape index (κ1) is 26.1. The van der Waals surface area contributed by atoms with Crippen molar-refractivity contribution in [3.63, 3.8) is 0 Å². The van der Waals surface area contributed by atoms with Crippen molar-refractivity contribution < 1.29 is 18.8 Å². The average molecular weight is 552 g/mol. The van der Waals surface area contributed by atoms with Gasteiger partial charge < -0.3 is 25.8 Å². The third-order valence-electron chi connectivity index (χ3n) is 7.41. The number of aromatic nitrogens is 3. The molecule has 3 aromatic carbocycles. The van der Waals surface area contributed by atoms with Gasteiger partial charge in [0, 0.05) is 59.8 Å². The zero-order valence-electron chi connectivity index (χ0n) is 22.1. The van der Waals surface area contributed by atoms with E-state index in [1.807, 2.05) is 11.9 Å². The van der Waals surface area contributed by atoms with Gasteiger partial charge in [0.15, 0.2) is 5.82 Å². The maximum absolute atomic E-state index is 15.9. The van der Waals surface area contributed by atoms with Crippen molar-refractivity contribution in [2.24, 2.45) is 5.73 Å². The highest BCUT2D eigenvalue weighted by atomic mass is 19.1. The number of rotatable bonds is 5. The van der Waals surface area contributed by atoms with Crippen LogP contribution in [-0.4, -0.2) is 75.7 Å². The predicted molar refractivity (Wildman–Crippen MR) is 153 cm³/mol. The number of hydrogen-bond donors (Lipinski definition) is 3. The Morgan fingerprint density at radius 3 is 2.54 bits per heavy atom. The van der Waals surface area contributed by atoms with Crippen LogP contribution in [0, 0.1) is 5.82 Å². The molecule has 1 fully saturated rings. The first-order valence-electron chi connectivity index (χ1n) is 13.0. The van der Waals surface area contributed by atoms with E-state index in [-0.39, 0.29) is 28.4 Å². The van der Waals surface area contributed by atoms with Gasteiger partial charge in [-0.2, -0.15) is 0 Å². The van der Waals surface area contributed by atoms with Crippen LogP contribution in [0.15, 0.2) is 67.1 Å². The van der Waals surface area contributed by atoms with Crippen LogP contribution >= 0.6 is 0 Å². The molecule has 1 aliphatic rings. The fourth-order valence-corrected chi connectivity index (χ4v) is 5.22. The van der Waals surface area contributed by atoms with E-state index >= 15 is 4.39 Å². The summed E-state index contributed by atoms with van der Waals surface area (Å²) in [5.74, 6) is -1.96. The molecule has 5 aromatic rings.